The summed E-state index contributed by atoms with van der Waals surface area (Å²) in [7, 11) is 0. The Morgan fingerprint density at radius 3 is 2.89 bits per heavy atom. The molecule has 1 heterocycles. The van der Waals surface area contributed by atoms with Crippen molar-refractivity contribution in [2.45, 2.75) is 25.4 Å². The Bertz CT molecular complexity index is 466. The Labute approximate surface area is 115 Å². The fourth-order valence-corrected chi connectivity index (χ4v) is 2.50. The summed E-state index contributed by atoms with van der Waals surface area (Å²) in [6.45, 7) is 1.12. The minimum atomic E-state index is 0.0454. The molecule has 1 fully saturated rings. The molecule has 6 heteroatoms. The summed E-state index contributed by atoms with van der Waals surface area (Å²) in [6, 6.07) is 3.33. The molecule has 0 aromatic heterocycles. The van der Waals surface area contributed by atoms with E-state index in [9.17, 15) is 9.90 Å². The Kier molecular flexibility index (Phi) is 4.32. The lowest BCUT2D eigenvalue weighted by molar-refractivity contribution is -0.119. The molecule has 98 valence electrons. The van der Waals surface area contributed by atoms with Crippen LogP contribution in [0.1, 0.15) is 18.4 Å². The number of hydrogen-bond acceptors (Lipinski definition) is 3. The molecule has 0 spiro atoms. The van der Waals surface area contributed by atoms with Crippen LogP contribution in [0.15, 0.2) is 12.1 Å². The number of amides is 1. The molecule has 1 aliphatic rings. The smallest absolute Gasteiger partial charge is 0.220 e. The highest BCUT2D eigenvalue weighted by Gasteiger charge is 2.20. The van der Waals surface area contributed by atoms with Gasteiger partial charge < -0.3 is 15.7 Å². The normalized spacial score (nSPS) is 19.0. The molecule has 1 saturated heterocycles. The number of carbonyl (C=O) groups is 1. The van der Waals surface area contributed by atoms with E-state index in [1.165, 1.54) is 6.07 Å². The molecule has 1 aromatic carbocycles. The van der Waals surface area contributed by atoms with Gasteiger partial charge in [-0.2, -0.15) is 0 Å². The van der Waals surface area contributed by atoms with Crippen LogP contribution in [0, 0.1) is 0 Å². The molecule has 1 amide bonds. The number of halogens is 2. The molecule has 3 N–H and O–H groups in total. The zero-order chi connectivity index (χ0) is 13.1. The van der Waals surface area contributed by atoms with Crippen LogP contribution in [-0.4, -0.2) is 23.6 Å². The van der Waals surface area contributed by atoms with E-state index in [0.717, 1.165) is 6.42 Å². The summed E-state index contributed by atoms with van der Waals surface area (Å²) in [5, 5.41) is 16.5. The third-order valence-corrected chi connectivity index (χ3v) is 3.40. The van der Waals surface area contributed by atoms with Crippen molar-refractivity contribution in [2.24, 2.45) is 0 Å². The van der Waals surface area contributed by atoms with Gasteiger partial charge in [-0.25, -0.2) is 0 Å². The van der Waals surface area contributed by atoms with Crippen molar-refractivity contribution in [3.63, 3.8) is 0 Å². The Hall–Kier alpha value is -0.970. The number of carbonyl (C=O) groups excluding carboxylic acids is 1. The number of nitrogens with one attached hydrogen (secondary N) is 2. The van der Waals surface area contributed by atoms with Crippen molar-refractivity contribution in [2.75, 3.05) is 6.54 Å². The fourth-order valence-electron chi connectivity index (χ4n) is 1.97. The molecular formula is C12H14Cl2N2O2. The van der Waals surface area contributed by atoms with E-state index in [1.54, 1.807) is 6.07 Å². The van der Waals surface area contributed by atoms with Crippen molar-refractivity contribution in [3.05, 3.63) is 27.7 Å². The second-order valence-corrected chi connectivity index (χ2v) is 5.17. The van der Waals surface area contributed by atoms with Gasteiger partial charge in [-0.1, -0.05) is 23.2 Å². The van der Waals surface area contributed by atoms with Gasteiger partial charge in [0.2, 0.25) is 5.91 Å². The summed E-state index contributed by atoms with van der Waals surface area (Å²) >= 11 is 11.7. The predicted octanol–water partition coefficient (Wildman–Crippen LogP) is 2.07. The van der Waals surface area contributed by atoms with E-state index >= 15 is 0 Å². The van der Waals surface area contributed by atoms with E-state index in [4.69, 9.17) is 23.2 Å². The lowest BCUT2D eigenvalue weighted by atomic mass is 10.2. The average Bonchev–Trinajstić information content (AvgIpc) is 2.71. The lowest BCUT2D eigenvalue weighted by Gasteiger charge is -2.12. The second-order valence-electron chi connectivity index (χ2n) is 4.33. The van der Waals surface area contributed by atoms with Crippen molar-refractivity contribution in [1.82, 2.24) is 10.6 Å². The second kappa shape index (κ2) is 5.78. The number of phenolic OH excluding ortho intramolecular Hbond substituents is 1. The first-order valence-corrected chi connectivity index (χ1v) is 6.49. The van der Waals surface area contributed by atoms with E-state index < -0.39 is 0 Å². The molecule has 4 nitrogen and oxygen atoms in total. The molecule has 1 atom stereocenters. The molecule has 0 radical (unpaired) electrons. The quantitative estimate of drug-likeness (QED) is 0.795. The Morgan fingerprint density at radius 1 is 1.44 bits per heavy atom. The van der Waals surface area contributed by atoms with Crippen molar-refractivity contribution in [3.8, 4) is 5.75 Å². The third-order valence-electron chi connectivity index (χ3n) is 2.90. The van der Waals surface area contributed by atoms with Gasteiger partial charge in [0.1, 0.15) is 5.75 Å². The van der Waals surface area contributed by atoms with Crippen molar-refractivity contribution in [1.29, 1.82) is 0 Å². The van der Waals surface area contributed by atoms with Gasteiger partial charge in [-0.05, 0) is 18.6 Å². The van der Waals surface area contributed by atoms with E-state index in [1.807, 2.05) is 0 Å². The van der Waals surface area contributed by atoms with Crippen LogP contribution < -0.4 is 10.6 Å². The highest BCUT2D eigenvalue weighted by atomic mass is 35.5. The average molecular weight is 289 g/mol. The van der Waals surface area contributed by atoms with Gasteiger partial charge in [-0.3, -0.25) is 4.79 Å². The molecule has 1 aliphatic heterocycles. The van der Waals surface area contributed by atoms with Gasteiger partial charge in [0, 0.05) is 36.1 Å². The van der Waals surface area contributed by atoms with E-state index in [2.05, 4.69) is 10.6 Å². The molecule has 1 unspecified atom stereocenters. The van der Waals surface area contributed by atoms with Crippen LogP contribution in [-0.2, 0) is 11.3 Å². The van der Waals surface area contributed by atoms with Gasteiger partial charge >= 0.3 is 0 Å². The highest BCUT2D eigenvalue weighted by Crippen LogP contribution is 2.30. The van der Waals surface area contributed by atoms with E-state index in [0.29, 0.717) is 30.1 Å². The first-order valence-electron chi connectivity index (χ1n) is 5.73. The van der Waals surface area contributed by atoms with Crippen molar-refractivity contribution < 1.29 is 9.90 Å². The van der Waals surface area contributed by atoms with Crippen LogP contribution >= 0.6 is 23.2 Å². The van der Waals surface area contributed by atoms with Crippen LogP contribution in [0.5, 0.6) is 5.75 Å². The predicted molar refractivity (Wildman–Crippen MR) is 71.0 cm³/mol. The standard InChI is InChI=1S/C12H14Cl2N2O2/c13-8-3-7(12(18)10(14)4-8)5-15-6-9-1-2-11(17)16-9/h3-4,9,15,18H,1-2,5-6H2,(H,16,17). The maximum Gasteiger partial charge on any atom is 0.220 e. The number of hydrogen-bond donors (Lipinski definition) is 3. The number of benzene rings is 1. The molecule has 2 rings (SSSR count). The summed E-state index contributed by atoms with van der Waals surface area (Å²) in [5.41, 5.74) is 0.650. The van der Waals surface area contributed by atoms with Crippen molar-refractivity contribution >= 4 is 29.1 Å². The molecule has 18 heavy (non-hydrogen) atoms. The minimum Gasteiger partial charge on any atom is -0.506 e. The maximum absolute atomic E-state index is 11.0. The zero-order valence-electron chi connectivity index (χ0n) is 9.67. The van der Waals surface area contributed by atoms with Crippen LogP contribution in [0.2, 0.25) is 10.0 Å². The first-order chi connectivity index (χ1) is 8.56. The molecule has 0 saturated carbocycles. The summed E-state index contributed by atoms with van der Waals surface area (Å²) in [4.78, 5) is 11.0. The van der Waals surface area contributed by atoms with Gasteiger partial charge in [0.15, 0.2) is 0 Å². The topological polar surface area (TPSA) is 61.4 Å². The molecule has 1 aromatic rings. The van der Waals surface area contributed by atoms with Gasteiger partial charge in [0.25, 0.3) is 0 Å². The summed E-state index contributed by atoms with van der Waals surface area (Å²) < 4.78 is 0. The SMILES string of the molecule is O=C1CCC(CNCc2cc(Cl)cc(Cl)c2O)N1. The number of phenols is 1. The van der Waals surface area contributed by atoms with Crippen LogP contribution in [0.25, 0.3) is 0 Å². The number of aromatic hydroxyl groups is 1. The third kappa shape index (κ3) is 3.28. The van der Waals surface area contributed by atoms with E-state index in [-0.39, 0.29) is 22.7 Å². The van der Waals surface area contributed by atoms with Crippen LogP contribution in [0.4, 0.5) is 0 Å². The fraction of sp³-hybridized carbons (Fsp3) is 0.417. The summed E-state index contributed by atoms with van der Waals surface area (Å²) in [5.74, 6) is 0.138. The summed E-state index contributed by atoms with van der Waals surface area (Å²) in [6.07, 6.45) is 1.43. The highest BCUT2D eigenvalue weighted by molar-refractivity contribution is 6.35. The lowest BCUT2D eigenvalue weighted by Crippen LogP contribution is -2.35. The largest absolute Gasteiger partial charge is 0.506 e. The van der Waals surface area contributed by atoms with Gasteiger partial charge in [0.05, 0.1) is 5.02 Å². The maximum atomic E-state index is 11.0. The number of rotatable bonds is 4. The van der Waals surface area contributed by atoms with Gasteiger partial charge in [-0.15, -0.1) is 0 Å². The Morgan fingerprint density at radius 2 is 2.22 bits per heavy atom. The zero-order valence-corrected chi connectivity index (χ0v) is 11.2. The molecular weight excluding hydrogens is 275 g/mol. The Balaban J connectivity index is 1.88. The minimum absolute atomic E-state index is 0.0454. The first kappa shape index (κ1) is 13.5. The molecule has 0 bridgehead atoms. The monoisotopic (exact) mass is 288 g/mol. The van der Waals surface area contributed by atoms with Crippen LogP contribution in [0.3, 0.4) is 0 Å². The molecule has 0 aliphatic carbocycles.